The van der Waals surface area contributed by atoms with Gasteiger partial charge in [-0.1, -0.05) is 0 Å². The van der Waals surface area contributed by atoms with Crippen molar-refractivity contribution in [2.24, 2.45) is 0 Å². The summed E-state index contributed by atoms with van der Waals surface area (Å²) < 4.78 is 6.92. The van der Waals surface area contributed by atoms with Crippen molar-refractivity contribution in [1.82, 2.24) is 4.57 Å². The van der Waals surface area contributed by atoms with Gasteiger partial charge in [-0.3, -0.25) is 4.79 Å². The van der Waals surface area contributed by atoms with Crippen molar-refractivity contribution in [1.29, 1.82) is 0 Å². The zero-order valence-corrected chi connectivity index (χ0v) is 9.01. The van der Waals surface area contributed by atoms with E-state index in [1.165, 1.54) is 6.07 Å². The molecule has 2 aromatic rings. The van der Waals surface area contributed by atoms with Crippen LogP contribution >= 0.6 is 0 Å². The van der Waals surface area contributed by atoms with Crippen LogP contribution in [0, 0.1) is 0 Å². The summed E-state index contributed by atoms with van der Waals surface area (Å²) in [6.07, 6.45) is 1.69. The molecule has 0 saturated heterocycles. The van der Waals surface area contributed by atoms with Crippen molar-refractivity contribution < 1.29 is 9.84 Å². The average molecular weight is 219 g/mol. The topological polar surface area (TPSA) is 51.5 Å². The summed E-state index contributed by atoms with van der Waals surface area (Å²) in [4.78, 5) is 11.7. The van der Waals surface area contributed by atoms with Gasteiger partial charge < -0.3 is 14.4 Å². The van der Waals surface area contributed by atoms with Gasteiger partial charge in [0, 0.05) is 24.2 Å². The van der Waals surface area contributed by atoms with Crippen molar-refractivity contribution >= 4 is 10.9 Å². The molecule has 0 saturated carbocycles. The number of nitrogens with zero attached hydrogens (tertiary/aromatic N) is 1. The van der Waals surface area contributed by atoms with E-state index >= 15 is 0 Å². The number of aliphatic hydroxyl groups excluding tert-OH is 1. The third-order valence-electron chi connectivity index (χ3n) is 2.53. The molecule has 1 aromatic carbocycles. The standard InChI is InChI=1S/C12H13NO3/c1-16-9-2-3-11-10(8-9)12(15)4-5-13(11)6-7-14/h2-5,8,14H,6-7H2,1H3. The normalized spacial score (nSPS) is 10.6. The molecule has 0 atom stereocenters. The van der Waals surface area contributed by atoms with Gasteiger partial charge in [-0.25, -0.2) is 0 Å². The second kappa shape index (κ2) is 4.37. The molecule has 1 aromatic heterocycles. The zero-order chi connectivity index (χ0) is 11.5. The molecule has 0 aliphatic rings. The van der Waals surface area contributed by atoms with Crippen LogP contribution in [-0.2, 0) is 6.54 Å². The molecule has 0 radical (unpaired) electrons. The Morgan fingerprint density at radius 3 is 2.88 bits per heavy atom. The van der Waals surface area contributed by atoms with Crippen LogP contribution in [0.3, 0.4) is 0 Å². The first-order chi connectivity index (χ1) is 7.76. The number of pyridine rings is 1. The Morgan fingerprint density at radius 2 is 2.19 bits per heavy atom. The predicted octanol–water partition coefficient (Wildman–Crippen LogP) is 1.00. The fraction of sp³-hybridized carbons (Fsp3) is 0.250. The smallest absolute Gasteiger partial charge is 0.189 e. The van der Waals surface area contributed by atoms with Crippen molar-refractivity contribution in [2.75, 3.05) is 13.7 Å². The van der Waals surface area contributed by atoms with Gasteiger partial charge in [-0.2, -0.15) is 0 Å². The molecule has 16 heavy (non-hydrogen) atoms. The quantitative estimate of drug-likeness (QED) is 0.838. The van der Waals surface area contributed by atoms with E-state index in [-0.39, 0.29) is 12.0 Å². The number of rotatable bonds is 3. The third kappa shape index (κ3) is 1.79. The maximum atomic E-state index is 11.7. The van der Waals surface area contributed by atoms with Gasteiger partial charge in [0.05, 0.1) is 19.2 Å². The largest absolute Gasteiger partial charge is 0.497 e. The summed E-state index contributed by atoms with van der Waals surface area (Å²) in [7, 11) is 1.57. The molecule has 0 bridgehead atoms. The fourth-order valence-corrected chi connectivity index (χ4v) is 1.72. The minimum Gasteiger partial charge on any atom is -0.497 e. The number of methoxy groups -OCH3 is 1. The van der Waals surface area contributed by atoms with Crippen LogP contribution in [0.5, 0.6) is 5.75 Å². The molecule has 0 fully saturated rings. The Kier molecular flexibility index (Phi) is 2.92. The first-order valence-corrected chi connectivity index (χ1v) is 5.04. The van der Waals surface area contributed by atoms with Crippen LogP contribution in [0.2, 0.25) is 0 Å². The van der Waals surface area contributed by atoms with Crippen LogP contribution in [0.15, 0.2) is 35.3 Å². The Morgan fingerprint density at radius 1 is 1.38 bits per heavy atom. The number of fused-ring (bicyclic) bond motifs is 1. The lowest BCUT2D eigenvalue weighted by Crippen LogP contribution is -2.09. The number of hydrogen-bond acceptors (Lipinski definition) is 3. The zero-order valence-electron chi connectivity index (χ0n) is 9.01. The van der Waals surface area contributed by atoms with Crippen LogP contribution < -0.4 is 10.2 Å². The summed E-state index contributed by atoms with van der Waals surface area (Å²) in [6.45, 7) is 0.521. The van der Waals surface area contributed by atoms with Crippen LogP contribution in [0.1, 0.15) is 0 Å². The number of benzene rings is 1. The van der Waals surface area contributed by atoms with Gasteiger partial charge in [0.25, 0.3) is 0 Å². The molecule has 4 nitrogen and oxygen atoms in total. The minimum atomic E-state index is -0.0388. The van der Waals surface area contributed by atoms with E-state index in [1.807, 2.05) is 10.6 Å². The first-order valence-electron chi connectivity index (χ1n) is 5.04. The highest BCUT2D eigenvalue weighted by molar-refractivity contribution is 5.80. The van der Waals surface area contributed by atoms with Crippen molar-refractivity contribution in [3.8, 4) is 5.75 Å². The molecular weight excluding hydrogens is 206 g/mol. The molecular formula is C12H13NO3. The Balaban J connectivity index is 2.70. The summed E-state index contributed by atoms with van der Waals surface area (Å²) in [6, 6.07) is 6.84. The highest BCUT2D eigenvalue weighted by atomic mass is 16.5. The second-order valence-electron chi connectivity index (χ2n) is 3.48. The lowest BCUT2D eigenvalue weighted by molar-refractivity contribution is 0.278. The summed E-state index contributed by atoms with van der Waals surface area (Å²) in [5.41, 5.74) is 0.769. The summed E-state index contributed by atoms with van der Waals surface area (Å²) >= 11 is 0. The van der Waals surface area contributed by atoms with Gasteiger partial charge in [-0.15, -0.1) is 0 Å². The number of aromatic nitrogens is 1. The van der Waals surface area contributed by atoms with E-state index in [9.17, 15) is 4.79 Å². The number of ether oxygens (including phenoxy) is 1. The van der Waals surface area contributed by atoms with Crippen molar-refractivity contribution in [3.05, 3.63) is 40.7 Å². The summed E-state index contributed by atoms with van der Waals surface area (Å²) in [5.74, 6) is 0.659. The highest BCUT2D eigenvalue weighted by Gasteiger charge is 2.03. The SMILES string of the molecule is COc1ccc2c(c1)c(=O)ccn2CCO. The molecule has 1 heterocycles. The number of hydrogen-bond donors (Lipinski definition) is 1. The average Bonchev–Trinajstić information content (AvgIpc) is 2.33. The van der Waals surface area contributed by atoms with Gasteiger partial charge in [-0.05, 0) is 18.2 Å². The molecule has 0 spiro atoms. The lowest BCUT2D eigenvalue weighted by atomic mass is 10.2. The maximum Gasteiger partial charge on any atom is 0.189 e. The monoisotopic (exact) mass is 219 g/mol. The van der Waals surface area contributed by atoms with Crippen LogP contribution in [0.25, 0.3) is 10.9 Å². The highest BCUT2D eigenvalue weighted by Crippen LogP contribution is 2.17. The van der Waals surface area contributed by atoms with E-state index in [0.29, 0.717) is 17.7 Å². The molecule has 0 amide bonds. The van der Waals surface area contributed by atoms with E-state index in [2.05, 4.69) is 0 Å². The molecule has 0 aliphatic heterocycles. The molecule has 2 rings (SSSR count). The number of aliphatic hydroxyl groups is 1. The minimum absolute atomic E-state index is 0.0388. The fourth-order valence-electron chi connectivity index (χ4n) is 1.72. The maximum absolute atomic E-state index is 11.7. The van der Waals surface area contributed by atoms with E-state index in [4.69, 9.17) is 9.84 Å². The van der Waals surface area contributed by atoms with Crippen molar-refractivity contribution in [2.45, 2.75) is 6.54 Å². The van der Waals surface area contributed by atoms with Gasteiger partial charge >= 0.3 is 0 Å². The van der Waals surface area contributed by atoms with Crippen molar-refractivity contribution in [3.63, 3.8) is 0 Å². The molecule has 0 unspecified atom stereocenters. The van der Waals surface area contributed by atoms with Crippen LogP contribution in [0.4, 0.5) is 0 Å². The second-order valence-corrected chi connectivity index (χ2v) is 3.48. The van der Waals surface area contributed by atoms with E-state index < -0.39 is 0 Å². The first kappa shape index (κ1) is 10.7. The predicted molar refractivity (Wildman–Crippen MR) is 61.8 cm³/mol. The van der Waals surface area contributed by atoms with Crippen LogP contribution in [-0.4, -0.2) is 23.4 Å². The Hall–Kier alpha value is -1.81. The van der Waals surface area contributed by atoms with Gasteiger partial charge in [0.15, 0.2) is 5.43 Å². The molecule has 4 heteroatoms. The molecule has 1 N–H and O–H groups in total. The molecule has 84 valence electrons. The molecule has 0 aliphatic carbocycles. The summed E-state index contributed by atoms with van der Waals surface area (Å²) in [5, 5.41) is 9.53. The Bertz CT molecular complexity index is 560. The lowest BCUT2D eigenvalue weighted by Gasteiger charge is -2.09. The van der Waals surface area contributed by atoms with Gasteiger partial charge in [0.1, 0.15) is 5.75 Å². The van der Waals surface area contributed by atoms with Gasteiger partial charge in [0.2, 0.25) is 0 Å². The third-order valence-corrected chi connectivity index (χ3v) is 2.53. The van der Waals surface area contributed by atoms with E-state index in [1.54, 1.807) is 25.4 Å². The van der Waals surface area contributed by atoms with E-state index in [0.717, 1.165) is 5.52 Å². The Labute approximate surface area is 92.7 Å².